The first-order valence-electron chi connectivity index (χ1n) is 7.35. The zero-order valence-corrected chi connectivity index (χ0v) is 13.3. The van der Waals surface area contributed by atoms with E-state index in [1.54, 1.807) is 7.11 Å². The third-order valence-electron chi connectivity index (χ3n) is 4.72. The predicted octanol–water partition coefficient (Wildman–Crippen LogP) is 2.75. The fourth-order valence-electron chi connectivity index (χ4n) is 2.62. The molecular weight excluding hydrogens is 254 g/mol. The second-order valence-corrected chi connectivity index (χ2v) is 7.37. The van der Waals surface area contributed by atoms with Gasteiger partial charge in [-0.15, -0.1) is 0 Å². The van der Waals surface area contributed by atoms with E-state index in [-0.39, 0.29) is 5.41 Å². The molecule has 1 saturated carbocycles. The van der Waals surface area contributed by atoms with Gasteiger partial charge in [-0.1, -0.05) is 19.0 Å². The van der Waals surface area contributed by atoms with E-state index in [1.807, 2.05) is 13.8 Å². The van der Waals surface area contributed by atoms with Gasteiger partial charge >= 0.3 is 0 Å². The summed E-state index contributed by atoms with van der Waals surface area (Å²) in [6.45, 7) is 9.08. The third-order valence-corrected chi connectivity index (χ3v) is 4.72. The molecule has 114 valence electrons. The minimum Gasteiger partial charge on any atom is -0.370 e. The van der Waals surface area contributed by atoms with Crippen molar-refractivity contribution in [2.75, 3.05) is 13.7 Å². The van der Waals surface area contributed by atoms with Gasteiger partial charge in [0.2, 0.25) is 11.7 Å². The lowest BCUT2D eigenvalue weighted by molar-refractivity contribution is -0.0740. The van der Waals surface area contributed by atoms with E-state index in [0.29, 0.717) is 23.7 Å². The maximum atomic E-state index is 5.80. The monoisotopic (exact) mass is 281 g/mol. The molecule has 0 aliphatic heterocycles. The SMILES string of the molecule is COC1(c2noc(C(C)(C)CN)n2)CCC(C)(C)CC1. The highest BCUT2D eigenvalue weighted by molar-refractivity contribution is 5.09. The van der Waals surface area contributed by atoms with E-state index in [9.17, 15) is 0 Å². The summed E-state index contributed by atoms with van der Waals surface area (Å²) >= 11 is 0. The molecule has 5 heteroatoms. The molecule has 2 N–H and O–H groups in total. The topological polar surface area (TPSA) is 74.2 Å². The number of nitrogens with zero attached hydrogens (tertiary/aromatic N) is 2. The first kappa shape index (κ1) is 15.4. The lowest BCUT2D eigenvalue weighted by Gasteiger charge is -2.40. The smallest absolute Gasteiger partial charge is 0.233 e. The summed E-state index contributed by atoms with van der Waals surface area (Å²) in [5.74, 6) is 1.27. The van der Waals surface area contributed by atoms with Gasteiger partial charge in [0, 0.05) is 13.7 Å². The molecule has 0 amide bonds. The first-order chi connectivity index (χ1) is 9.25. The Labute approximate surface area is 121 Å². The van der Waals surface area contributed by atoms with Crippen LogP contribution in [0.5, 0.6) is 0 Å². The minimum atomic E-state index is -0.401. The summed E-state index contributed by atoms with van der Waals surface area (Å²) < 4.78 is 11.2. The molecule has 1 aromatic heterocycles. The van der Waals surface area contributed by atoms with Crippen LogP contribution in [0.25, 0.3) is 0 Å². The fourth-order valence-corrected chi connectivity index (χ4v) is 2.62. The highest BCUT2D eigenvalue weighted by atomic mass is 16.5. The van der Waals surface area contributed by atoms with Crippen LogP contribution in [0.2, 0.25) is 0 Å². The van der Waals surface area contributed by atoms with Gasteiger partial charge in [-0.25, -0.2) is 0 Å². The van der Waals surface area contributed by atoms with Gasteiger partial charge in [-0.05, 0) is 44.9 Å². The van der Waals surface area contributed by atoms with Crippen molar-refractivity contribution in [2.45, 2.75) is 64.4 Å². The zero-order chi connectivity index (χ0) is 15.0. The van der Waals surface area contributed by atoms with Crippen LogP contribution in [-0.4, -0.2) is 23.8 Å². The quantitative estimate of drug-likeness (QED) is 0.918. The summed E-state index contributed by atoms with van der Waals surface area (Å²) in [5.41, 5.74) is 5.44. The fraction of sp³-hybridized carbons (Fsp3) is 0.867. The Hall–Kier alpha value is -0.940. The van der Waals surface area contributed by atoms with Crippen molar-refractivity contribution in [3.05, 3.63) is 11.7 Å². The molecule has 1 aliphatic rings. The lowest BCUT2D eigenvalue weighted by Crippen LogP contribution is -2.37. The maximum Gasteiger partial charge on any atom is 0.233 e. The maximum absolute atomic E-state index is 5.80. The van der Waals surface area contributed by atoms with Crippen molar-refractivity contribution in [3.8, 4) is 0 Å². The van der Waals surface area contributed by atoms with Crippen molar-refractivity contribution >= 4 is 0 Å². The van der Waals surface area contributed by atoms with Gasteiger partial charge in [-0.2, -0.15) is 4.98 Å². The van der Waals surface area contributed by atoms with Crippen molar-refractivity contribution in [1.29, 1.82) is 0 Å². The molecule has 1 heterocycles. The molecule has 0 saturated heterocycles. The third kappa shape index (κ3) is 2.74. The summed E-state index contributed by atoms with van der Waals surface area (Å²) in [6.07, 6.45) is 4.06. The van der Waals surface area contributed by atoms with Crippen LogP contribution in [0.4, 0.5) is 0 Å². The molecule has 2 rings (SSSR count). The molecule has 1 aliphatic carbocycles. The average Bonchev–Trinajstić information content (AvgIpc) is 2.90. The molecule has 0 bridgehead atoms. The van der Waals surface area contributed by atoms with Gasteiger partial charge in [0.25, 0.3) is 0 Å². The lowest BCUT2D eigenvalue weighted by atomic mass is 9.70. The van der Waals surface area contributed by atoms with Crippen LogP contribution >= 0.6 is 0 Å². The molecule has 0 atom stereocenters. The van der Waals surface area contributed by atoms with Gasteiger partial charge in [0.1, 0.15) is 5.60 Å². The molecular formula is C15H27N3O2. The van der Waals surface area contributed by atoms with Crippen LogP contribution in [-0.2, 0) is 15.8 Å². The molecule has 1 fully saturated rings. The number of aromatic nitrogens is 2. The molecule has 0 aromatic carbocycles. The largest absolute Gasteiger partial charge is 0.370 e. The number of hydrogen-bond donors (Lipinski definition) is 1. The Morgan fingerprint density at radius 3 is 2.35 bits per heavy atom. The van der Waals surface area contributed by atoms with Crippen molar-refractivity contribution < 1.29 is 9.26 Å². The van der Waals surface area contributed by atoms with E-state index in [0.717, 1.165) is 25.7 Å². The Morgan fingerprint density at radius 2 is 1.85 bits per heavy atom. The first-order valence-corrected chi connectivity index (χ1v) is 7.35. The van der Waals surface area contributed by atoms with Gasteiger partial charge in [0.15, 0.2) is 0 Å². The summed E-state index contributed by atoms with van der Waals surface area (Å²) in [6, 6.07) is 0. The molecule has 0 unspecified atom stereocenters. The summed E-state index contributed by atoms with van der Waals surface area (Å²) in [5, 5.41) is 4.18. The van der Waals surface area contributed by atoms with Crippen LogP contribution in [0, 0.1) is 5.41 Å². The van der Waals surface area contributed by atoms with E-state index in [2.05, 4.69) is 24.0 Å². The van der Waals surface area contributed by atoms with Gasteiger partial charge in [-0.3, -0.25) is 0 Å². The number of nitrogens with two attached hydrogens (primary N) is 1. The Balaban J connectivity index is 2.25. The van der Waals surface area contributed by atoms with Gasteiger partial charge in [0.05, 0.1) is 5.41 Å². The standard InChI is InChI=1S/C15H27N3O2/c1-13(2)6-8-15(19-5,9-7-13)11-17-12(20-18-11)14(3,4)10-16/h6-10,16H2,1-5H3. The Morgan fingerprint density at radius 1 is 1.25 bits per heavy atom. The normalized spacial score (nSPS) is 21.9. The molecule has 1 aromatic rings. The van der Waals surface area contributed by atoms with Gasteiger partial charge < -0.3 is 15.0 Å². The van der Waals surface area contributed by atoms with Crippen molar-refractivity contribution in [2.24, 2.45) is 11.1 Å². The highest BCUT2D eigenvalue weighted by Gasteiger charge is 2.44. The number of methoxy groups -OCH3 is 1. The molecule has 5 nitrogen and oxygen atoms in total. The summed E-state index contributed by atoms with van der Waals surface area (Å²) in [7, 11) is 1.74. The number of hydrogen-bond acceptors (Lipinski definition) is 5. The molecule has 20 heavy (non-hydrogen) atoms. The van der Waals surface area contributed by atoms with E-state index >= 15 is 0 Å². The minimum absolute atomic E-state index is 0.298. The second kappa shape index (κ2) is 5.11. The number of rotatable bonds is 4. The second-order valence-electron chi connectivity index (χ2n) is 7.37. The van der Waals surface area contributed by atoms with Crippen LogP contribution in [0.3, 0.4) is 0 Å². The number of ether oxygens (including phenoxy) is 1. The zero-order valence-electron chi connectivity index (χ0n) is 13.3. The Kier molecular flexibility index (Phi) is 3.95. The van der Waals surface area contributed by atoms with Crippen LogP contribution in [0.15, 0.2) is 4.52 Å². The predicted molar refractivity (Wildman–Crippen MR) is 77.3 cm³/mol. The molecule has 0 radical (unpaired) electrons. The van der Waals surface area contributed by atoms with Crippen LogP contribution < -0.4 is 5.73 Å². The average molecular weight is 281 g/mol. The highest BCUT2D eigenvalue weighted by Crippen LogP contribution is 2.46. The van der Waals surface area contributed by atoms with Crippen molar-refractivity contribution in [3.63, 3.8) is 0 Å². The van der Waals surface area contributed by atoms with E-state index in [1.165, 1.54) is 0 Å². The van der Waals surface area contributed by atoms with Crippen LogP contribution in [0.1, 0.15) is 65.1 Å². The summed E-state index contributed by atoms with van der Waals surface area (Å²) in [4.78, 5) is 4.58. The Bertz CT molecular complexity index is 455. The van der Waals surface area contributed by atoms with Crippen molar-refractivity contribution in [1.82, 2.24) is 10.1 Å². The molecule has 0 spiro atoms. The van der Waals surface area contributed by atoms with E-state index < -0.39 is 5.60 Å². The van der Waals surface area contributed by atoms with E-state index in [4.69, 9.17) is 15.0 Å².